The van der Waals surface area contributed by atoms with Gasteiger partial charge in [-0.25, -0.2) is 4.79 Å². The molecule has 0 radical (unpaired) electrons. The Morgan fingerprint density at radius 2 is 2.22 bits per heavy atom. The second-order valence-electron chi connectivity index (χ2n) is 7.04. The van der Waals surface area contributed by atoms with Crippen molar-refractivity contribution in [2.24, 2.45) is 23.0 Å². The van der Waals surface area contributed by atoms with Gasteiger partial charge in [-0.2, -0.15) is 0 Å². The number of carbonyl (C=O) groups is 2. The second kappa shape index (κ2) is 5.60. The van der Waals surface area contributed by atoms with Crippen molar-refractivity contribution >= 4 is 11.9 Å². The Kier molecular flexibility index (Phi) is 3.88. The number of nitrogens with zero attached hydrogens (tertiary/aromatic N) is 2. The van der Waals surface area contributed by atoms with Gasteiger partial charge in [0.25, 0.3) is 0 Å². The third-order valence-corrected chi connectivity index (χ3v) is 5.41. The summed E-state index contributed by atoms with van der Waals surface area (Å²) in [5.41, 5.74) is 6.93. The van der Waals surface area contributed by atoms with Crippen LogP contribution in [0.5, 0.6) is 0 Å². The van der Waals surface area contributed by atoms with Gasteiger partial charge >= 0.3 is 5.97 Å². The molecule has 1 amide bonds. The minimum Gasteiger partial charge on any atom is -0.467 e. The van der Waals surface area contributed by atoms with E-state index in [1.54, 1.807) is 11.1 Å². The second-order valence-corrected chi connectivity index (χ2v) is 7.04. The van der Waals surface area contributed by atoms with Crippen LogP contribution in [-0.4, -0.2) is 47.5 Å². The number of piperidine rings is 1. The third-order valence-electron chi connectivity index (χ3n) is 5.41. The van der Waals surface area contributed by atoms with Crippen molar-refractivity contribution in [3.8, 4) is 0 Å². The van der Waals surface area contributed by atoms with E-state index in [1.165, 1.54) is 7.11 Å². The fourth-order valence-electron chi connectivity index (χ4n) is 3.95. The molecule has 3 rings (SSSR count). The summed E-state index contributed by atoms with van der Waals surface area (Å²) in [6.45, 7) is 4.84. The van der Waals surface area contributed by atoms with Gasteiger partial charge in [-0.1, -0.05) is 19.9 Å². The maximum absolute atomic E-state index is 12.7. The Bertz CT molecular complexity index is 617. The summed E-state index contributed by atoms with van der Waals surface area (Å²) in [6.07, 6.45) is 2.04. The largest absolute Gasteiger partial charge is 0.467 e. The first-order valence-electron chi connectivity index (χ1n) is 7.91. The lowest BCUT2D eigenvalue weighted by Crippen LogP contribution is -2.52. The zero-order valence-corrected chi connectivity index (χ0v) is 13.7. The van der Waals surface area contributed by atoms with Crippen LogP contribution < -0.4 is 5.73 Å². The number of aromatic nitrogens is 1. The van der Waals surface area contributed by atoms with Crippen molar-refractivity contribution in [2.75, 3.05) is 13.7 Å². The minimum absolute atomic E-state index is 0.0840. The SMILES string of the molecule is COC(=O)[C@@H]1[C@@H]2[C@H](CN1C(=O)[C@@H](N)Cc1ccccn1)C2(C)C. The number of ether oxygens (including phenoxy) is 1. The van der Waals surface area contributed by atoms with Gasteiger partial charge < -0.3 is 15.4 Å². The Morgan fingerprint density at radius 3 is 2.83 bits per heavy atom. The normalized spacial score (nSPS) is 28.9. The van der Waals surface area contributed by atoms with E-state index in [9.17, 15) is 9.59 Å². The van der Waals surface area contributed by atoms with E-state index in [1.807, 2.05) is 18.2 Å². The number of amides is 1. The summed E-state index contributed by atoms with van der Waals surface area (Å²) >= 11 is 0. The summed E-state index contributed by atoms with van der Waals surface area (Å²) in [7, 11) is 1.36. The molecule has 6 heteroatoms. The Hall–Kier alpha value is -1.95. The molecule has 6 nitrogen and oxygen atoms in total. The fourth-order valence-corrected chi connectivity index (χ4v) is 3.95. The zero-order valence-electron chi connectivity index (χ0n) is 13.7. The maximum Gasteiger partial charge on any atom is 0.328 e. The summed E-state index contributed by atoms with van der Waals surface area (Å²) in [5, 5.41) is 0. The van der Waals surface area contributed by atoms with Gasteiger partial charge in [0, 0.05) is 30.8 Å². The molecule has 2 fully saturated rings. The lowest BCUT2D eigenvalue weighted by Gasteiger charge is -2.30. The van der Waals surface area contributed by atoms with E-state index in [4.69, 9.17) is 10.5 Å². The first-order valence-corrected chi connectivity index (χ1v) is 7.91. The Morgan fingerprint density at radius 1 is 1.48 bits per heavy atom. The van der Waals surface area contributed by atoms with E-state index < -0.39 is 12.1 Å². The first-order chi connectivity index (χ1) is 10.9. The standard InChI is InChI=1S/C17H23N3O3/c1-17(2)11-9-20(14(13(11)17)16(22)23-3)15(21)12(18)8-10-6-4-5-7-19-10/h4-7,11-14H,8-9,18H2,1-3H3/t11-,12-,13-,14-/m0/s1. The number of likely N-dealkylation sites (tertiary alicyclic amines) is 1. The summed E-state index contributed by atoms with van der Waals surface area (Å²) in [4.78, 5) is 30.7. The van der Waals surface area contributed by atoms with Crippen molar-refractivity contribution in [3.63, 3.8) is 0 Å². The van der Waals surface area contributed by atoms with Crippen molar-refractivity contribution in [2.45, 2.75) is 32.4 Å². The molecular formula is C17H23N3O3. The molecule has 1 aromatic heterocycles. The molecule has 1 aliphatic heterocycles. The molecule has 0 unspecified atom stereocenters. The predicted octanol–water partition coefficient (Wildman–Crippen LogP) is 0.607. The highest BCUT2D eigenvalue weighted by Gasteiger charge is 2.69. The number of rotatable bonds is 4. The van der Waals surface area contributed by atoms with E-state index in [0.29, 0.717) is 18.9 Å². The molecule has 23 heavy (non-hydrogen) atoms. The van der Waals surface area contributed by atoms with Crippen LogP contribution in [0.15, 0.2) is 24.4 Å². The monoisotopic (exact) mass is 317 g/mol. The molecule has 0 aromatic carbocycles. The maximum atomic E-state index is 12.7. The van der Waals surface area contributed by atoms with Crippen LogP contribution in [0.3, 0.4) is 0 Å². The summed E-state index contributed by atoms with van der Waals surface area (Å²) in [6, 6.07) is 4.32. The molecule has 124 valence electrons. The van der Waals surface area contributed by atoms with Gasteiger partial charge in [-0.15, -0.1) is 0 Å². The molecule has 0 spiro atoms. The smallest absolute Gasteiger partial charge is 0.328 e. The zero-order chi connectivity index (χ0) is 16.8. The molecule has 0 bridgehead atoms. The average Bonchev–Trinajstić information content (AvgIpc) is 2.89. The third kappa shape index (κ3) is 2.61. The summed E-state index contributed by atoms with van der Waals surface area (Å²) in [5.74, 6) is -0.0333. The predicted molar refractivity (Wildman–Crippen MR) is 84.2 cm³/mol. The highest BCUT2D eigenvalue weighted by atomic mass is 16.5. The molecular weight excluding hydrogens is 294 g/mol. The van der Waals surface area contributed by atoms with E-state index >= 15 is 0 Å². The molecule has 1 aliphatic carbocycles. The number of pyridine rings is 1. The van der Waals surface area contributed by atoms with Gasteiger partial charge in [-0.05, 0) is 23.5 Å². The molecule has 1 saturated carbocycles. The quantitative estimate of drug-likeness (QED) is 0.822. The van der Waals surface area contributed by atoms with Crippen LogP contribution in [0.25, 0.3) is 0 Å². The van der Waals surface area contributed by atoms with E-state index in [-0.39, 0.29) is 23.2 Å². The van der Waals surface area contributed by atoms with Crippen LogP contribution in [-0.2, 0) is 20.7 Å². The van der Waals surface area contributed by atoms with Crippen molar-refractivity contribution < 1.29 is 14.3 Å². The van der Waals surface area contributed by atoms with Crippen LogP contribution >= 0.6 is 0 Å². The van der Waals surface area contributed by atoms with Crippen LogP contribution in [0.2, 0.25) is 0 Å². The van der Waals surface area contributed by atoms with Crippen LogP contribution in [0, 0.1) is 17.3 Å². The van der Waals surface area contributed by atoms with E-state index in [0.717, 1.165) is 5.69 Å². The van der Waals surface area contributed by atoms with Crippen molar-refractivity contribution in [1.29, 1.82) is 0 Å². The molecule has 1 saturated heterocycles. The lowest BCUT2D eigenvalue weighted by molar-refractivity contribution is -0.153. The Labute approximate surface area is 136 Å². The molecule has 2 aliphatic rings. The van der Waals surface area contributed by atoms with Gasteiger partial charge in [0.1, 0.15) is 6.04 Å². The van der Waals surface area contributed by atoms with Crippen LogP contribution in [0.4, 0.5) is 0 Å². The van der Waals surface area contributed by atoms with Gasteiger partial charge in [-0.3, -0.25) is 9.78 Å². The number of methoxy groups -OCH3 is 1. The highest BCUT2D eigenvalue weighted by molar-refractivity contribution is 5.89. The number of nitrogens with two attached hydrogens (primary N) is 1. The topological polar surface area (TPSA) is 85.5 Å². The van der Waals surface area contributed by atoms with Gasteiger partial charge in [0.2, 0.25) is 5.91 Å². The van der Waals surface area contributed by atoms with Crippen molar-refractivity contribution in [1.82, 2.24) is 9.88 Å². The Balaban J connectivity index is 1.73. The molecule has 4 atom stereocenters. The average molecular weight is 317 g/mol. The highest BCUT2D eigenvalue weighted by Crippen LogP contribution is 2.65. The van der Waals surface area contributed by atoms with Crippen molar-refractivity contribution in [3.05, 3.63) is 30.1 Å². The number of hydrogen-bond donors (Lipinski definition) is 1. The molecule has 1 aromatic rings. The van der Waals surface area contributed by atoms with Crippen LogP contribution in [0.1, 0.15) is 19.5 Å². The first kappa shape index (κ1) is 15.9. The van der Waals surface area contributed by atoms with Gasteiger partial charge in [0.15, 0.2) is 0 Å². The van der Waals surface area contributed by atoms with Gasteiger partial charge in [0.05, 0.1) is 13.2 Å². The number of fused-ring (bicyclic) bond motifs is 1. The minimum atomic E-state index is -0.697. The molecule has 2 heterocycles. The number of hydrogen-bond acceptors (Lipinski definition) is 5. The molecule has 2 N–H and O–H groups in total. The fraction of sp³-hybridized carbons (Fsp3) is 0.588. The number of esters is 1. The number of carbonyl (C=O) groups excluding carboxylic acids is 2. The summed E-state index contributed by atoms with van der Waals surface area (Å²) < 4.78 is 4.92. The van der Waals surface area contributed by atoms with E-state index in [2.05, 4.69) is 18.8 Å². The lowest BCUT2D eigenvalue weighted by atomic mass is 10.00.